The maximum absolute atomic E-state index is 12.1. The highest BCUT2D eigenvalue weighted by Crippen LogP contribution is 2.41. The molecule has 0 unspecified atom stereocenters. The summed E-state index contributed by atoms with van der Waals surface area (Å²) < 4.78 is 1.99. The molecule has 1 aliphatic heterocycles. The Labute approximate surface area is 136 Å². The van der Waals surface area contributed by atoms with E-state index in [-0.39, 0.29) is 5.56 Å². The molecule has 1 saturated carbocycles. The van der Waals surface area contributed by atoms with Crippen LogP contribution in [0.25, 0.3) is 5.65 Å². The molecule has 2 aliphatic rings. The van der Waals surface area contributed by atoms with E-state index in [4.69, 9.17) is 0 Å². The van der Waals surface area contributed by atoms with E-state index in [1.807, 2.05) is 10.7 Å². The van der Waals surface area contributed by atoms with Crippen LogP contribution in [0.2, 0.25) is 0 Å². The van der Waals surface area contributed by atoms with Crippen LogP contribution in [0, 0.1) is 5.92 Å². The van der Waals surface area contributed by atoms with Crippen LogP contribution in [0.5, 0.6) is 0 Å². The molecule has 0 aromatic carbocycles. The van der Waals surface area contributed by atoms with Crippen LogP contribution in [0.1, 0.15) is 62.6 Å². The zero-order valence-electron chi connectivity index (χ0n) is 14.0. The van der Waals surface area contributed by atoms with Gasteiger partial charge in [-0.15, -0.1) is 0 Å². The average Bonchev–Trinajstić information content (AvgIpc) is 3.27. The van der Waals surface area contributed by atoms with Crippen LogP contribution in [-0.2, 0) is 0 Å². The van der Waals surface area contributed by atoms with E-state index in [2.05, 4.69) is 28.8 Å². The Morgan fingerprint density at radius 1 is 1.22 bits per heavy atom. The monoisotopic (exact) mass is 313 g/mol. The van der Waals surface area contributed by atoms with Crippen molar-refractivity contribution in [1.29, 1.82) is 0 Å². The van der Waals surface area contributed by atoms with E-state index >= 15 is 0 Å². The summed E-state index contributed by atoms with van der Waals surface area (Å²) >= 11 is 0. The van der Waals surface area contributed by atoms with Gasteiger partial charge in [-0.25, -0.2) is 4.52 Å². The Bertz CT molecular complexity index is 748. The Balaban J connectivity index is 1.61. The average molecular weight is 313 g/mol. The third kappa shape index (κ3) is 2.94. The molecular formula is C18H25N4O. The fraction of sp³-hybridized carbons (Fsp3) is 0.611. The van der Waals surface area contributed by atoms with Crippen molar-refractivity contribution in [2.75, 3.05) is 19.6 Å². The Morgan fingerprint density at radius 3 is 2.61 bits per heavy atom. The lowest BCUT2D eigenvalue weighted by molar-refractivity contribution is 0.217. The van der Waals surface area contributed by atoms with Gasteiger partial charge in [0.05, 0.1) is 11.9 Å². The highest BCUT2D eigenvalue weighted by molar-refractivity contribution is 5.50. The molecule has 2 aromatic rings. The SMILES string of the molecule is C[C](C)CN1CCC(c2cc(=O)[nH]c3c(C4CC4)cnn23)CC1. The van der Waals surface area contributed by atoms with Crippen molar-refractivity contribution in [2.45, 2.75) is 51.4 Å². The van der Waals surface area contributed by atoms with Crippen LogP contribution >= 0.6 is 0 Å². The van der Waals surface area contributed by atoms with E-state index in [1.165, 1.54) is 24.3 Å². The minimum absolute atomic E-state index is 0.00932. The van der Waals surface area contributed by atoms with E-state index in [9.17, 15) is 4.79 Å². The lowest BCUT2D eigenvalue weighted by atomic mass is 9.92. The molecule has 1 radical (unpaired) electrons. The van der Waals surface area contributed by atoms with E-state index < -0.39 is 0 Å². The Morgan fingerprint density at radius 2 is 1.96 bits per heavy atom. The van der Waals surface area contributed by atoms with Crippen LogP contribution in [-0.4, -0.2) is 39.1 Å². The molecule has 4 rings (SSSR count). The fourth-order valence-corrected chi connectivity index (χ4v) is 3.85. The number of piperidine rings is 1. The minimum Gasteiger partial charge on any atom is -0.307 e. The number of nitrogens with zero attached hydrogens (tertiary/aromatic N) is 3. The molecule has 0 amide bonds. The summed E-state index contributed by atoms with van der Waals surface area (Å²) in [4.78, 5) is 17.7. The van der Waals surface area contributed by atoms with Crippen molar-refractivity contribution in [3.63, 3.8) is 0 Å². The van der Waals surface area contributed by atoms with Crippen molar-refractivity contribution in [3.05, 3.63) is 39.8 Å². The van der Waals surface area contributed by atoms with Gasteiger partial charge in [-0.1, -0.05) is 13.8 Å². The van der Waals surface area contributed by atoms with Crippen molar-refractivity contribution in [1.82, 2.24) is 19.5 Å². The first-order valence-electron chi connectivity index (χ1n) is 8.74. The number of fused-ring (bicyclic) bond motifs is 1. The zero-order valence-corrected chi connectivity index (χ0v) is 14.0. The number of aromatic nitrogens is 3. The number of likely N-dealkylation sites (tertiary alicyclic amines) is 1. The maximum Gasteiger partial charge on any atom is 0.251 e. The second-order valence-electron chi connectivity index (χ2n) is 7.45. The second kappa shape index (κ2) is 5.78. The maximum atomic E-state index is 12.1. The van der Waals surface area contributed by atoms with Gasteiger partial charge in [0, 0.05) is 24.1 Å². The third-order valence-electron chi connectivity index (χ3n) is 5.13. The molecule has 1 saturated heterocycles. The molecule has 0 atom stereocenters. The smallest absolute Gasteiger partial charge is 0.251 e. The van der Waals surface area contributed by atoms with Crippen molar-refractivity contribution in [3.8, 4) is 0 Å². The summed E-state index contributed by atoms with van der Waals surface area (Å²) in [5, 5.41) is 4.59. The molecule has 5 nitrogen and oxygen atoms in total. The summed E-state index contributed by atoms with van der Waals surface area (Å²) in [7, 11) is 0. The third-order valence-corrected chi connectivity index (χ3v) is 5.13. The Kier molecular flexibility index (Phi) is 3.76. The van der Waals surface area contributed by atoms with Crippen LogP contribution in [0.4, 0.5) is 0 Å². The van der Waals surface area contributed by atoms with Gasteiger partial charge in [0.1, 0.15) is 5.65 Å². The predicted molar refractivity (Wildman–Crippen MR) is 90.8 cm³/mol. The van der Waals surface area contributed by atoms with Crippen LogP contribution in [0.15, 0.2) is 17.1 Å². The second-order valence-corrected chi connectivity index (χ2v) is 7.45. The van der Waals surface area contributed by atoms with Crippen LogP contribution < -0.4 is 5.56 Å². The van der Waals surface area contributed by atoms with Crippen LogP contribution in [0.3, 0.4) is 0 Å². The first-order valence-corrected chi connectivity index (χ1v) is 8.74. The highest BCUT2D eigenvalue weighted by atomic mass is 16.1. The lowest BCUT2D eigenvalue weighted by Gasteiger charge is -2.32. The molecule has 0 bridgehead atoms. The molecular weight excluding hydrogens is 288 g/mol. The number of rotatable bonds is 4. The summed E-state index contributed by atoms with van der Waals surface area (Å²) in [6, 6.07) is 1.76. The summed E-state index contributed by atoms with van der Waals surface area (Å²) in [5.41, 5.74) is 3.25. The van der Waals surface area contributed by atoms with Gasteiger partial charge in [0.25, 0.3) is 5.56 Å². The van der Waals surface area contributed by atoms with Crippen molar-refractivity contribution < 1.29 is 0 Å². The largest absolute Gasteiger partial charge is 0.307 e. The van der Waals surface area contributed by atoms with Gasteiger partial charge in [-0.2, -0.15) is 5.10 Å². The van der Waals surface area contributed by atoms with E-state index in [0.717, 1.165) is 43.8 Å². The van der Waals surface area contributed by atoms with Gasteiger partial charge in [0.15, 0.2) is 0 Å². The minimum atomic E-state index is 0.00932. The molecule has 1 N–H and O–H groups in total. The molecule has 1 aliphatic carbocycles. The molecule has 23 heavy (non-hydrogen) atoms. The van der Waals surface area contributed by atoms with Gasteiger partial charge in [-0.05, 0) is 50.6 Å². The van der Waals surface area contributed by atoms with Gasteiger partial charge in [0.2, 0.25) is 0 Å². The van der Waals surface area contributed by atoms with Gasteiger partial charge >= 0.3 is 0 Å². The number of nitrogens with one attached hydrogen (secondary N) is 1. The summed E-state index contributed by atoms with van der Waals surface area (Å²) in [5.74, 6) is 2.49. The lowest BCUT2D eigenvalue weighted by Crippen LogP contribution is -2.35. The zero-order chi connectivity index (χ0) is 16.0. The summed E-state index contributed by atoms with van der Waals surface area (Å²) in [6.45, 7) is 7.66. The number of hydrogen-bond donors (Lipinski definition) is 1. The molecule has 3 heterocycles. The quantitative estimate of drug-likeness (QED) is 0.944. The molecule has 5 heteroatoms. The van der Waals surface area contributed by atoms with Gasteiger partial charge < -0.3 is 9.88 Å². The fourth-order valence-electron chi connectivity index (χ4n) is 3.85. The first kappa shape index (κ1) is 14.9. The Hall–Kier alpha value is -1.62. The van der Waals surface area contributed by atoms with Crippen molar-refractivity contribution >= 4 is 5.65 Å². The number of hydrogen-bond acceptors (Lipinski definition) is 3. The molecule has 123 valence electrons. The predicted octanol–water partition coefficient (Wildman–Crippen LogP) is 2.69. The molecule has 2 fully saturated rings. The number of H-pyrrole nitrogens is 1. The number of aromatic amines is 1. The summed E-state index contributed by atoms with van der Waals surface area (Å²) in [6.07, 6.45) is 6.60. The van der Waals surface area contributed by atoms with E-state index in [0.29, 0.717) is 11.8 Å². The van der Waals surface area contributed by atoms with E-state index in [1.54, 1.807) is 6.07 Å². The van der Waals surface area contributed by atoms with Crippen molar-refractivity contribution in [2.24, 2.45) is 0 Å². The van der Waals surface area contributed by atoms with Gasteiger partial charge in [-0.3, -0.25) is 4.79 Å². The highest BCUT2D eigenvalue weighted by Gasteiger charge is 2.29. The molecule has 0 spiro atoms. The first-order chi connectivity index (χ1) is 11.1. The topological polar surface area (TPSA) is 53.4 Å². The normalized spacial score (nSPS) is 20.7. The molecule has 2 aromatic heterocycles. The standard InChI is InChI=1S/C18H25N4O/c1-12(2)11-21-7-5-14(6-8-21)16-9-17(23)20-18-15(13-3-4-13)10-19-22(16)18/h9-10,13-14H,3-8,11H2,1-2H3,(H,20,23).